The lowest BCUT2D eigenvalue weighted by Crippen LogP contribution is -2.35. The van der Waals surface area contributed by atoms with Crippen LogP contribution < -0.4 is 11.0 Å². The molecule has 1 heterocycles. The third-order valence-corrected chi connectivity index (χ3v) is 2.95. The number of nitrogens with one attached hydrogen (secondary N) is 3. The number of amides is 1. The molecule has 2 rings (SSSR count). The van der Waals surface area contributed by atoms with Crippen LogP contribution >= 0.6 is 11.6 Å². The van der Waals surface area contributed by atoms with Crippen LogP contribution in [-0.4, -0.2) is 27.1 Å². The zero-order valence-corrected chi connectivity index (χ0v) is 11.0. The van der Waals surface area contributed by atoms with Gasteiger partial charge in [0.25, 0.3) is 5.91 Å². The van der Waals surface area contributed by atoms with Gasteiger partial charge in [-0.3, -0.25) is 9.78 Å². The maximum atomic E-state index is 11.7. The number of rotatable bonds is 4. The predicted molar refractivity (Wildman–Crippen MR) is 71.3 cm³/mol. The van der Waals surface area contributed by atoms with E-state index in [4.69, 9.17) is 11.6 Å². The minimum Gasteiger partial charge on any atom is -0.347 e. The number of H-pyrrole nitrogens is 2. The van der Waals surface area contributed by atoms with Gasteiger partial charge < -0.3 is 5.32 Å². The third-order valence-electron chi connectivity index (χ3n) is 2.58. The first-order chi connectivity index (χ1) is 9.06. The molecular weight excluding hydrogens is 268 g/mol. The zero-order valence-electron chi connectivity index (χ0n) is 10.2. The molecule has 0 aliphatic carbocycles. The monoisotopic (exact) mass is 280 g/mol. The Morgan fingerprint density at radius 3 is 2.84 bits per heavy atom. The van der Waals surface area contributed by atoms with Crippen LogP contribution in [0, 0.1) is 0 Å². The second kappa shape index (κ2) is 5.71. The number of aromatic amines is 2. The first-order valence-electron chi connectivity index (χ1n) is 5.75. The molecule has 0 saturated heterocycles. The highest BCUT2D eigenvalue weighted by atomic mass is 35.5. The van der Waals surface area contributed by atoms with Gasteiger partial charge in [-0.2, -0.15) is 0 Å². The first-order valence-corrected chi connectivity index (χ1v) is 6.13. The van der Waals surface area contributed by atoms with E-state index < -0.39 is 11.6 Å². The van der Waals surface area contributed by atoms with Crippen molar-refractivity contribution >= 4 is 17.5 Å². The van der Waals surface area contributed by atoms with Gasteiger partial charge in [0.05, 0.1) is 0 Å². The molecule has 1 atom stereocenters. The van der Waals surface area contributed by atoms with Crippen LogP contribution in [0.15, 0.2) is 29.1 Å². The van der Waals surface area contributed by atoms with Crippen molar-refractivity contribution in [3.63, 3.8) is 0 Å². The van der Waals surface area contributed by atoms with E-state index in [1.165, 1.54) is 0 Å². The Labute approximate surface area is 114 Å². The van der Waals surface area contributed by atoms with Gasteiger partial charge in [0, 0.05) is 11.1 Å². The third kappa shape index (κ3) is 3.45. The fourth-order valence-electron chi connectivity index (χ4n) is 1.71. The standard InChI is InChI=1S/C12H13ClN4O2/c1-7(6-8-4-2-3-5-9(8)13)14-11(18)10-15-12(19)17-16-10/h2-5,7H,6H2,1H3,(H,14,18)(H2,15,16,17,19)/t7-/m0/s1. The van der Waals surface area contributed by atoms with E-state index in [-0.39, 0.29) is 11.9 Å². The van der Waals surface area contributed by atoms with Crippen molar-refractivity contribution in [3.8, 4) is 0 Å². The Morgan fingerprint density at radius 2 is 2.21 bits per heavy atom. The highest BCUT2D eigenvalue weighted by Crippen LogP contribution is 2.16. The maximum absolute atomic E-state index is 11.7. The van der Waals surface area contributed by atoms with E-state index in [0.29, 0.717) is 11.4 Å². The lowest BCUT2D eigenvalue weighted by atomic mass is 10.1. The summed E-state index contributed by atoms with van der Waals surface area (Å²) < 4.78 is 0. The van der Waals surface area contributed by atoms with Crippen molar-refractivity contribution in [2.24, 2.45) is 0 Å². The Balaban J connectivity index is 1.98. The molecule has 7 heteroatoms. The highest BCUT2D eigenvalue weighted by Gasteiger charge is 2.14. The molecule has 0 bridgehead atoms. The largest absolute Gasteiger partial charge is 0.347 e. The molecule has 6 nitrogen and oxygen atoms in total. The fraction of sp³-hybridized carbons (Fsp3) is 0.250. The van der Waals surface area contributed by atoms with Crippen LogP contribution in [0.25, 0.3) is 0 Å². The van der Waals surface area contributed by atoms with E-state index in [9.17, 15) is 9.59 Å². The van der Waals surface area contributed by atoms with Gasteiger partial charge in [-0.05, 0) is 25.0 Å². The van der Waals surface area contributed by atoms with Gasteiger partial charge in [-0.15, -0.1) is 5.10 Å². The van der Waals surface area contributed by atoms with Crippen molar-refractivity contribution in [2.45, 2.75) is 19.4 Å². The molecule has 2 aromatic rings. The van der Waals surface area contributed by atoms with Crippen molar-refractivity contribution < 1.29 is 4.79 Å². The Morgan fingerprint density at radius 1 is 1.47 bits per heavy atom. The number of carbonyl (C=O) groups excluding carboxylic acids is 1. The zero-order chi connectivity index (χ0) is 13.8. The molecule has 0 unspecified atom stereocenters. The van der Waals surface area contributed by atoms with Gasteiger partial charge in [-0.1, -0.05) is 29.8 Å². The second-order valence-corrected chi connectivity index (χ2v) is 4.60. The number of hydrogen-bond donors (Lipinski definition) is 3. The van der Waals surface area contributed by atoms with E-state index in [1.54, 1.807) is 6.07 Å². The summed E-state index contributed by atoms with van der Waals surface area (Å²) in [7, 11) is 0. The number of carbonyl (C=O) groups is 1. The van der Waals surface area contributed by atoms with Gasteiger partial charge in [-0.25, -0.2) is 9.89 Å². The van der Waals surface area contributed by atoms with E-state index in [0.717, 1.165) is 5.56 Å². The molecule has 1 aromatic heterocycles. The number of benzene rings is 1. The van der Waals surface area contributed by atoms with Crippen LogP contribution in [-0.2, 0) is 6.42 Å². The molecular formula is C12H13ClN4O2. The van der Waals surface area contributed by atoms with Gasteiger partial charge >= 0.3 is 5.69 Å². The summed E-state index contributed by atoms with van der Waals surface area (Å²) in [6.45, 7) is 1.85. The van der Waals surface area contributed by atoms with Gasteiger partial charge in [0.15, 0.2) is 0 Å². The summed E-state index contributed by atoms with van der Waals surface area (Å²) in [6, 6.07) is 7.32. The van der Waals surface area contributed by atoms with Crippen molar-refractivity contribution in [1.29, 1.82) is 0 Å². The minimum atomic E-state index is -0.510. The number of aromatic nitrogens is 3. The van der Waals surface area contributed by atoms with E-state index in [2.05, 4.69) is 20.5 Å². The van der Waals surface area contributed by atoms with Crippen LogP contribution in [0.1, 0.15) is 23.1 Å². The molecule has 0 aliphatic heterocycles. The molecule has 0 fully saturated rings. The van der Waals surface area contributed by atoms with E-state index in [1.807, 2.05) is 25.1 Å². The molecule has 100 valence electrons. The summed E-state index contributed by atoms with van der Waals surface area (Å²) >= 11 is 6.05. The van der Waals surface area contributed by atoms with Gasteiger partial charge in [0.1, 0.15) is 0 Å². The Hall–Kier alpha value is -2.08. The van der Waals surface area contributed by atoms with Crippen molar-refractivity contribution in [2.75, 3.05) is 0 Å². The minimum absolute atomic E-state index is 0.0315. The lowest BCUT2D eigenvalue weighted by Gasteiger charge is -2.13. The molecule has 0 aliphatic rings. The molecule has 0 saturated carbocycles. The fourth-order valence-corrected chi connectivity index (χ4v) is 1.93. The topological polar surface area (TPSA) is 90.6 Å². The SMILES string of the molecule is C[C@@H](Cc1ccccc1Cl)NC(=O)c1n[nH]c(=O)[nH]1. The summed E-state index contributed by atoms with van der Waals surface area (Å²) in [5.41, 5.74) is 0.441. The molecule has 19 heavy (non-hydrogen) atoms. The van der Waals surface area contributed by atoms with Gasteiger partial charge in [0.2, 0.25) is 5.82 Å². The average Bonchev–Trinajstić information content (AvgIpc) is 2.79. The molecule has 0 spiro atoms. The summed E-state index contributed by atoms with van der Waals surface area (Å²) in [6.07, 6.45) is 0.597. The number of hydrogen-bond acceptors (Lipinski definition) is 3. The molecule has 1 amide bonds. The summed E-state index contributed by atoms with van der Waals surface area (Å²) in [4.78, 5) is 24.9. The summed E-state index contributed by atoms with van der Waals surface area (Å²) in [5.74, 6) is -0.464. The average molecular weight is 281 g/mol. The quantitative estimate of drug-likeness (QED) is 0.783. The first kappa shape index (κ1) is 13.4. The normalized spacial score (nSPS) is 12.1. The maximum Gasteiger partial charge on any atom is 0.341 e. The molecule has 1 aromatic carbocycles. The predicted octanol–water partition coefficient (Wildman–Crippen LogP) is 1.11. The van der Waals surface area contributed by atoms with Crippen molar-refractivity contribution in [1.82, 2.24) is 20.5 Å². The van der Waals surface area contributed by atoms with Crippen LogP contribution in [0.3, 0.4) is 0 Å². The van der Waals surface area contributed by atoms with E-state index >= 15 is 0 Å². The lowest BCUT2D eigenvalue weighted by molar-refractivity contribution is 0.0930. The van der Waals surface area contributed by atoms with Crippen LogP contribution in [0.2, 0.25) is 5.02 Å². The number of halogens is 1. The second-order valence-electron chi connectivity index (χ2n) is 4.20. The van der Waals surface area contributed by atoms with Crippen molar-refractivity contribution in [3.05, 3.63) is 51.2 Å². The van der Waals surface area contributed by atoms with Crippen LogP contribution in [0.5, 0.6) is 0 Å². The van der Waals surface area contributed by atoms with Crippen LogP contribution in [0.4, 0.5) is 0 Å². The smallest absolute Gasteiger partial charge is 0.341 e. The summed E-state index contributed by atoms with van der Waals surface area (Å²) in [5, 5.41) is 9.10. The molecule has 3 N–H and O–H groups in total. The highest BCUT2D eigenvalue weighted by molar-refractivity contribution is 6.31. The Bertz CT molecular complexity index is 634. The molecule has 0 radical (unpaired) electrons. The number of nitrogens with zero attached hydrogens (tertiary/aromatic N) is 1. The Kier molecular flexibility index (Phi) is 4.01.